The lowest BCUT2D eigenvalue weighted by atomic mass is 9.97. The Morgan fingerprint density at radius 3 is 1.58 bits per heavy atom. The molecule has 72 heavy (non-hydrogen) atoms. The maximum absolute atomic E-state index is 13.9. The van der Waals surface area contributed by atoms with Crippen LogP contribution in [0, 0.1) is 11.8 Å². The second-order valence-electron chi connectivity index (χ2n) is 16.7. The monoisotopic (exact) mass is 1040 g/mol. The first-order valence-corrected chi connectivity index (χ1v) is 24.1. The Morgan fingerprint density at radius 1 is 0.569 bits per heavy atom. The fourth-order valence-corrected chi connectivity index (χ4v) is 6.96. The van der Waals surface area contributed by atoms with Crippen LogP contribution in [-0.4, -0.2) is 175 Å². The molecule has 0 aromatic heterocycles. The number of rotatable bonds is 34. The number of nitrogens with one attached hydrogen (secondary N) is 8. The third-order valence-electron chi connectivity index (χ3n) is 11.1. The van der Waals surface area contributed by atoms with Crippen molar-refractivity contribution < 1.29 is 88.2 Å². The molecule has 0 saturated carbocycles. The third-order valence-corrected chi connectivity index (χ3v) is 11.7. The normalized spacial score (nSPS) is 15.1. The van der Waals surface area contributed by atoms with Crippen LogP contribution in [0.15, 0.2) is 24.3 Å². The van der Waals surface area contributed by atoms with Gasteiger partial charge in [-0.1, -0.05) is 52.7 Å². The van der Waals surface area contributed by atoms with Gasteiger partial charge < -0.3 is 78.9 Å². The second-order valence-corrected chi connectivity index (χ2v) is 17.7. The molecule has 27 nitrogen and oxygen atoms in total. The summed E-state index contributed by atoms with van der Waals surface area (Å²) in [5.41, 5.74) is 6.12. The standard InChI is InChI=1S/C44H67N9O18S/c1-6-21(3)35(43(69)50-29(18-34(61)62)41(67)48-26(12-13-32(57)58)39(65)51-30(20-54)42(68)53-36(44(70)71)22(4)7-2)52-40(66)27(14-15-72-5)47-31(56)19-46-38(64)28(16-23-8-10-24(55)11-9-23)49-37(63)25(45)17-33(59)60/h8-11,21-22,25-30,35-36,54-55H,6-7,12-20,45H2,1-5H3,(H,46,64)(H,47,56)(H,48,67)(H,49,63)(H,50,69)(H,51,65)(H,52,66)(H,53,68)(H,57,58)(H,59,60)(H,61,62)(H,70,71)/t21-,22-,25-,26-,27-,28-,29-,30-,35-,36-/m0/s1. The summed E-state index contributed by atoms with van der Waals surface area (Å²) >= 11 is 1.29. The lowest BCUT2D eigenvalue weighted by Crippen LogP contribution is -2.61. The Hall–Kier alpha value is -7.07. The highest BCUT2D eigenvalue weighted by atomic mass is 32.2. The van der Waals surface area contributed by atoms with E-state index in [0.717, 1.165) is 0 Å². The molecular weight excluding hydrogens is 975 g/mol. The van der Waals surface area contributed by atoms with Gasteiger partial charge in [-0.05, 0) is 54.4 Å². The summed E-state index contributed by atoms with van der Waals surface area (Å²) in [6.07, 6.45) is -1.24. The van der Waals surface area contributed by atoms with Crippen LogP contribution in [0.4, 0.5) is 0 Å². The van der Waals surface area contributed by atoms with Gasteiger partial charge in [-0.3, -0.25) is 52.7 Å². The number of phenols is 1. The SMILES string of the molecule is CC[C@H](C)[C@H](NC(=O)[C@H](CO)NC(=O)[C@H](CCC(=O)O)NC(=O)[C@H](CC(=O)O)NC(=O)[C@@H](NC(=O)[C@H](CCSC)NC(=O)CNC(=O)[C@H](Cc1ccc(O)cc1)NC(=O)[C@@H](N)CC(=O)O)[C@@H](C)CC)C(=O)O. The van der Waals surface area contributed by atoms with Gasteiger partial charge in [0.25, 0.3) is 0 Å². The summed E-state index contributed by atoms with van der Waals surface area (Å²) < 4.78 is 0. The van der Waals surface area contributed by atoms with E-state index in [-0.39, 0.29) is 30.8 Å². The van der Waals surface area contributed by atoms with E-state index in [9.17, 15) is 83.1 Å². The second kappa shape index (κ2) is 32.0. The van der Waals surface area contributed by atoms with Crippen LogP contribution >= 0.6 is 11.8 Å². The fourth-order valence-electron chi connectivity index (χ4n) is 6.49. The Morgan fingerprint density at radius 2 is 1.06 bits per heavy atom. The lowest BCUT2D eigenvalue weighted by Gasteiger charge is -2.29. The van der Waals surface area contributed by atoms with Crippen LogP contribution in [-0.2, 0) is 64.0 Å². The zero-order valence-corrected chi connectivity index (χ0v) is 41.2. The van der Waals surface area contributed by atoms with Crippen LogP contribution < -0.4 is 48.3 Å². The first-order chi connectivity index (χ1) is 33.8. The van der Waals surface area contributed by atoms with Gasteiger partial charge in [0, 0.05) is 12.8 Å². The van der Waals surface area contributed by atoms with Gasteiger partial charge in [-0.2, -0.15) is 11.8 Å². The Bertz CT molecular complexity index is 2080. The van der Waals surface area contributed by atoms with E-state index >= 15 is 0 Å². The smallest absolute Gasteiger partial charge is 0.326 e. The van der Waals surface area contributed by atoms with E-state index in [0.29, 0.717) is 12.0 Å². The first-order valence-electron chi connectivity index (χ1n) is 22.7. The van der Waals surface area contributed by atoms with Crippen molar-refractivity contribution >= 4 is 82.9 Å². The molecular formula is C44H67N9O18S. The van der Waals surface area contributed by atoms with E-state index in [2.05, 4.69) is 42.5 Å². The molecule has 16 N–H and O–H groups in total. The number of nitrogens with two attached hydrogens (primary N) is 1. The maximum atomic E-state index is 13.9. The van der Waals surface area contributed by atoms with Crippen molar-refractivity contribution in [2.45, 2.75) is 127 Å². The number of benzene rings is 1. The highest BCUT2D eigenvalue weighted by molar-refractivity contribution is 7.98. The maximum Gasteiger partial charge on any atom is 0.326 e. The zero-order valence-electron chi connectivity index (χ0n) is 40.4. The molecule has 0 unspecified atom stereocenters. The Balaban J connectivity index is 3.32. The van der Waals surface area contributed by atoms with Gasteiger partial charge in [-0.15, -0.1) is 0 Å². The molecule has 0 spiro atoms. The van der Waals surface area contributed by atoms with Gasteiger partial charge >= 0.3 is 23.9 Å². The predicted molar refractivity (Wildman–Crippen MR) is 254 cm³/mol. The van der Waals surface area contributed by atoms with Gasteiger partial charge in [-0.25, -0.2) is 4.79 Å². The van der Waals surface area contributed by atoms with Crippen molar-refractivity contribution in [1.29, 1.82) is 0 Å². The van der Waals surface area contributed by atoms with Crippen LogP contribution in [0.25, 0.3) is 0 Å². The summed E-state index contributed by atoms with van der Waals surface area (Å²) in [6, 6.07) is -7.27. The average molecular weight is 1040 g/mol. The highest BCUT2D eigenvalue weighted by Gasteiger charge is 2.36. The molecule has 28 heteroatoms. The summed E-state index contributed by atoms with van der Waals surface area (Å²) in [6.45, 7) is 4.55. The van der Waals surface area contributed by atoms with Gasteiger partial charge in [0.15, 0.2) is 0 Å². The van der Waals surface area contributed by atoms with E-state index in [4.69, 9.17) is 10.8 Å². The zero-order chi connectivity index (χ0) is 54.8. The van der Waals surface area contributed by atoms with Crippen molar-refractivity contribution in [3.8, 4) is 5.75 Å². The molecule has 10 atom stereocenters. The number of carbonyl (C=O) groups excluding carboxylic acids is 8. The number of aliphatic hydroxyl groups is 1. The molecule has 0 radical (unpaired) electrons. The molecule has 1 aromatic carbocycles. The molecule has 0 heterocycles. The minimum absolute atomic E-state index is 0.0246. The van der Waals surface area contributed by atoms with Gasteiger partial charge in [0.1, 0.15) is 48.0 Å². The minimum Gasteiger partial charge on any atom is -0.508 e. The number of amides is 8. The number of hydrogen-bond donors (Lipinski definition) is 15. The molecule has 8 amide bonds. The summed E-state index contributed by atoms with van der Waals surface area (Å²) in [5, 5.41) is 75.6. The number of hydrogen-bond acceptors (Lipinski definition) is 16. The lowest BCUT2D eigenvalue weighted by molar-refractivity contribution is -0.144. The van der Waals surface area contributed by atoms with Crippen molar-refractivity contribution in [1.82, 2.24) is 42.5 Å². The molecule has 0 aliphatic rings. The molecule has 0 fully saturated rings. The van der Waals surface area contributed by atoms with E-state index in [1.54, 1.807) is 20.1 Å². The van der Waals surface area contributed by atoms with E-state index < -0.39 is 170 Å². The summed E-state index contributed by atoms with van der Waals surface area (Å²) in [4.78, 5) is 153. The molecule has 0 aliphatic carbocycles. The largest absolute Gasteiger partial charge is 0.508 e. The number of aliphatic hydroxyl groups excluding tert-OH is 1. The van der Waals surface area contributed by atoms with E-state index in [1.165, 1.54) is 49.9 Å². The Kier molecular flexibility index (Phi) is 28.0. The van der Waals surface area contributed by atoms with Gasteiger partial charge in [0.05, 0.1) is 32.0 Å². The number of carboxylic acid groups (broad SMARTS) is 4. The number of aromatic hydroxyl groups is 1. The van der Waals surface area contributed by atoms with E-state index in [1.807, 2.05) is 0 Å². The summed E-state index contributed by atoms with van der Waals surface area (Å²) in [7, 11) is 0. The van der Waals surface area contributed by atoms with Crippen molar-refractivity contribution in [2.75, 3.05) is 25.2 Å². The molecule has 0 bridgehead atoms. The molecule has 0 saturated heterocycles. The number of aliphatic carboxylic acids is 4. The molecule has 0 aliphatic heterocycles. The number of thioether (sulfide) groups is 1. The predicted octanol–water partition coefficient (Wildman–Crippen LogP) is -3.49. The summed E-state index contributed by atoms with van der Waals surface area (Å²) in [5.74, 6) is -15.5. The van der Waals surface area contributed by atoms with Crippen LogP contribution in [0.2, 0.25) is 0 Å². The van der Waals surface area contributed by atoms with Crippen LogP contribution in [0.1, 0.15) is 78.2 Å². The van der Waals surface area contributed by atoms with Crippen LogP contribution in [0.3, 0.4) is 0 Å². The average Bonchev–Trinajstić information content (AvgIpc) is 3.32. The Labute approximate surface area is 418 Å². The van der Waals surface area contributed by atoms with Crippen LogP contribution in [0.5, 0.6) is 5.75 Å². The van der Waals surface area contributed by atoms with Crippen molar-refractivity contribution in [3.63, 3.8) is 0 Å². The first kappa shape index (κ1) is 62.9. The molecule has 1 rings (SSSR count). The molecule has 402 valence electrons. The fraction of sp³-hybridized carbons (Fsp3) is 0.591. The minimum atomic E-state index is -1.98. The van der Waals surface area contributed by atoms with Crippen molar-refractivity contribution in [2.24, 2.45) is 17.6 Å². The highest BCUT2D eigenvalue weighted by Crippen LogP contribution is 2.14. The number of carbonyl (C=O) groups is 12. The number of carboxylic acids is 4. The van der Waals surface area contributed by atoms with Gasteiger partial charge in [0.2, 0.25) is 47.3 Å². The quantitative estimate of drug-likeness (QED) is 0.0319. The van der Waals surface area contributed by atoms with Crippen molar-refractivity contribution in [3.05, 3.63) is 29.8 Å². The molecule has 1 aromatic rings. The topological polar surface area (TPSA) is 448 Å². The third kappa shape index (κ3) is 22.8. The number of phenolic OH excluding ortho intramolecular Hbond substituents is 1.